The molecule has 2 aliphatic rings. The number of aliphatic hydroxyl groups excluding tert-OH is 1. The van der Waals surface area contributed by atoms with E-state index in [1.165, 1.54) is 6.08 Å². The van der Waals surface area contributed by atoms with Gasteiger partial charge in [-0.3, -0.25) is 19.3 Å². The third-order valence-electron chi connectivity index (χ3n) is 3.69. The van der Waals surface area contributed by atoms with E-state index in [2.05, 4.69) is 10.6 Å². The average molecular weight is 301 g/mol. The first-order chi connectivity index (χ1) is 10.6. The summed E-state index contributed by atoms with van der Waals surface area (Å²) in [5.74, 6) is -0.943. The van der Waals surface area contributed by atoms with Gasteiger partial charge in [0.15, 0.2) is 0 Å². The van der Waals surface area contributed by atoms with Crippen LogP contribution in [0.2, 0.25) is 0 Å². The van der Waals surface area contributed by atoms with Gasteiger partial charge in [0.2, 0.25) is 5.91 Å². The number of hydrogen-bond donors (Lipinski definition) is 3. The highest BCUT2D eigenvalue weighted by Crippen LogP contribution is 2.26. The molecule has 0 fully saturated rings. The zero-order valence-electron chi connectivity index (χ0n) is 11.8. The lowest BCUT2D eigenvalue weighted by atomic mass is 9.98. The van der Waals surface area contributed by atoms with E-state index >= 15 is 0 Å². The van der Waals surface area contributed by atoms with Gasteiger partial charge in [0.25, 0.3) is 11.8 Å². The predicted molar refractivity (Wildman–Crippen MR) is 77.5 cm³/mol. The molecule has 0 unspecified atom stereocenters. The first-order valence-electron chi connectivity index (χ1n) is 6.93. The number of imide groups is 1. The molecule has 1 aromatic carbocycles. The fourth-order valence-corrected chi connectivity index (χ4v) is 2.60. The van der Waals surface area contributed by atoms with Gasteiger partial charge in [0.05, 0.1) is 19.6 Å². The van der Waals surface area contributed by atoms with Gasteiger partial charge in [0.1, 0.15) is 5.70 Å². The molecule has 0 aromatic heterocycles. The topological polar surface area (TPSA) is 98.7 Å². The fraction of sp³-hybridized carbons (Fsp3) is 0.267. The Morgan fingerprint density at radius 2 is 2.09 bits per heavy atom. The van der Waals surface area contributed by atoms with Crippen molar-refractivity contribution in [2.45, 2.75) is 13.0 Å². The van der Waals surface area contributed by atoms with Crippen molar-refractivity contribution < 1.29 is 19.5 Å². The number of fused-ring (bicyclic) bond motifs is 1. The van der Waals surface area contributed by atoms with Gasteiger partial charge in [-0.2, -0.15) is 0 Å². The third kappa shape index (κ3) is 2.46. The Bertz CT molecular complexity index is 696. The van der Waals surface area contributed by atoms with Crippen LogP contribution in [0, 0.1) is 0 Å². The number of nitrogens with one attached hydrogen (secondary N) is 2. The summed E-state index contributed by atoms with van der Waals surface area (Å²) in [6.45, 7) is 0.0841. The Morgan fingerprint density at radius 3 is 2.86 bits per heavy atom. The van der Waals surface area contributed by atoms with E-state index in [1.807, 2.05) is 6.07 Å². The van der Waals surface area contributed by atoms with Crippen molar-refractivity contribution in [2.24, 2.45) is 0 Å². The fourth-order valence-electron chi connectivity index (χ4n) is 2.60. The monoisotopic (exact) mass is 301 g/mol. The molecule has 2 aliphatic heterocycles. The molecule has 0 spiro atoms. The third-order valence-corrected chi connectivity index (χ3v) is 3.69. The lowest BCUT2D eigenvalue weighted by Gasteiger charge is -2.21. The highest BCUT2D eigenvalue weighted by Gasteiger charge is 2.31. The Balaban J connectivity index is 1.84. The van der Waals surface area contributed by atoms with Gasteiger partial charge >= 0.3 is 0 Å². The normalized spacial score (nSPS) is 17.2. The highest BCUT2D eigenvalue weighted by molar-refractivity contribution is 6.17. The molecule has 7 heteroatoms. The second kappa shape index (κ2) is 5.61. The second-order valence-electron chi connectivity index (χ2n) is 5.10. The molecule has 22 heavy (non-hydrogen) atoms. The molecule has 0 bridgehead atoms. The number of carbonyl (C=O) groups is 3. The highest BCUT2D eigenvalue weighted by atomic mass is 16.3. The Kier molecular flexibility index (Phi) is 3.64. The Labute approximate surface area is 126 Å². The summed E-state index contributed by atoms with van der Waals surface area (Å²) in [5, 5.41) is 14.6. The number of rotatable bonds is 4. The molecule has 3 amide bonds. The summed E-state index contributed by atoms with van der Waals surface area (Å²) in [6.07, 6.45) is 1.52. The summed E-state index contributed by atoms with van der Waals surface area (Å²) in [5.41, 5.74) is 2.67. The lowest BCUT2D eigenvalue weighted by molar-refractivity contribution is -0.137. The maximum atomic E-state index is 12.1. The summed E-state index contributed by atoms with van der Waals surface area (Å²) < 4.78 is 0. The molecule has 7 nitrogen and oxygen atoms in total. The van der Waals surface area contributed by atoms with Gasteiger partial charge in [0, 0.05) is 18.3 Å². The minimum atomic E-state index is -0.462. The number of benzene rings is 1. The maximum Gasteiger partial charge on any atom is 0.277 e. The Hall–Kier alpha value is -2.67. The van der Waals surface area contributed by atoms with E-state index in [4.69, 9.17) is 5.11 Å². The van der Waals surface area contributed by atoms with Crippen molar-refractivity contribution in [1.82, 2.24) is 10.2 Å². The molecular weight excluding hydrogens is 286 g/mol. The van der Waals surface area contributed by atoms with Gasteiger partial charge in [-0.15, -0.1) is 0 Å². The van der Waals surface area contributed by atoms with Gasteiger partial charge < -0.3 is 15.7 Å². The van der Waals surface area contributed by atoms with Gasteiger partial charge in [-0.05, 0) is 17.2 Å². The number of hydrogen-bond acceptors (Lipinski definition) is 5. The molecule has 114 valence electrons. The van der Waals surface area contributed by atoms with Crippen LogP contribution in [0.4, 0.5) is 5.69 Å². The molecule has 2 heterocycles. The molecule has 1 aromatic rings. The molecule has 0 atom stereocenters. The van der Waals surface area contributed by atoms with Crippen molar-refractivity contribution in [3.05, 3.63) is 41.1 Å². The van der Waals surface area contributed by atoms with Crippen LogP contribution in [0.3, 0.4) is 0 Å². The lowest BCUT2D eigenvalue weighted by Crippen LogP contribution is -2.34. The molecule has 0 radical (unpaired) electrons. The van der Waals surface area contributed by atoms with Crippen LogP contribution in [0.1, 0.15) is 11.1 Å². The Morgan fingerprint density at radius 1 is 1.27 bits per heavy atom. The minimum absolute atomic E-state index is 0.0255. The van der Waals surface area contributed by atoms with Crippen LogP contribution >= 0.6 is 0 Å². The van der Waals surface area contributed by atoms with Crippen molar-refractivity contribution in [3.8, 4) is 0 Å². The number of nitrogens with zero attached hydrogens (tertiary/aromatic N) is 1. The van der Waals surface area contributed by atoms with Crippen molar-refractivity contribution in [3.63, 3.8) is 0 Å². The summed E-state index contributed by atoms with van der Waals surface area (Å²) in [6, 6.07) is 5.46. The first kappa shape index (κ1) is 14.3. The zero-order valence-corrected chi connectivity index (χ0v) is 11.8. The van der Waals surface area contributed by atoms with Crippen molar-refractivity contribution >= 4 is 23.4 Å². The van der Waals surface area contributed by atoms with Crippen LogP contribution < -0.4 is 10.6 Å². The first-order valence-corrected chi connectivity index (χ1v) is 6.93. The average Bonchev–Trinajstić information content (AvgIpc) is 2.75. The maximum absolute atomic E-state index is 12.1. The van der Waals surface area contributed by atoms with Crippen LogP contribution in [0.5, 0.6) is 0 Å². The smallest absolute Gasteiger partial charge is 0.277 e. The van der Waals surface area contributed by atoms with E-state index in [1.54, 1.807) is 12.1 Å². The number of amides is 3. The van der Waals surface area contributed by atoms with Gasteiger partial charge in [-0.25, -0.2) is 0 Å². The summed E-state index contributed by atoms with van der Waals surface area (Å²) >= 11 is 0. The van der Waals surface area contributed by atoms with E-state index in [0.717, 1.165) is 16.0 Å². The van der Waals surface area contributed by atoms with Crippen LogP contribution in [0.15, 0.2) is 30.0 Å². The van der Waals surface area contributed by atoms with Crippen molar-refractivity contribution in [1.29, 1.82) is 0 Å². The number of carbonyl (C=O) groups excluding carboxylic acids is 3. The van der Waals surface area contributed by atoms with E-state index in [0.29, 0.717) is 18.7 Å². The molecule has 0 saturated carbocycles. The number of anilines is 1. The SMILES string of the molecule is O=C1Cc2cccc(NC3=CC(=O)N(CCO)C3=O)c2CN1. The molecule has 3 rings (SSSR count). The predicted octanol–water partition coefficient (Wildman–Crippen LogP) is -0.484. The van der Waals surface area contributed by atoms with Gasteiger partial charge in [-0.1, -0.05) is 12.1 Å². The molecule has 3 N–H and O–H groups in total. The molecular formula is C15H15N3O4. The second-order valence-corrected chi connectivity index (χ2v) is 5.10. The summed E-state index contributed by atoms with van der Waals surface area (Å²) in [7, 11) is 0. The molecule has 0 aliphatic carbocycles. The summed E-state index contributed by atoms with van der Waals surface area (Å²) in [4.78, 5) is 36.3. The quantitative estimate of drug-likeness (QED) is 0.652. The largest absolute Gasteiger partial charge is 0.395 e. The number of aliphatic hydroxyl groups is 1. The minimum Gasteiger partial charge on any atom is -0.395 e. The molecule has 0 saturated heterocycles. The van der Waals surface area contributed by atoms with Crippen LogP contribution in [-0.2, 0) is 27.3 Å². The van der Waals surface area contributed by atoms with E-state index in [-0.39, 0.29) is 24.8 Å². The van der Waals surface area contributed by atoms with E-state index in [9.17, 15) is 14.4 Å². The van der Waals surface area contributed by atoms with Crippen LogP contribution in [-0.4, -0.2) is 40.9 Å². The van der Waals surface area contributed by atoms with Crippen molar-refractivity contribution in [2.75, 3.05) is 18.5 Å². The zero-order chi connectivity index (χ0) is 15.7. The van der Waals surface area contributed by atoms with E-state index < -0.39 is 11.8 Å². The number of β-amino-alcohol motifs (C(OH)–C–C–N with tert-alkyl or cyclic N) is 1. The standard InChI is InChI=1S/C15H15N3O4/c19-5-4-18-14(21)7-12(15(18)22)17-11-3-1-2-9-6-13(20)16-8-10(9)11/h1-3,7,17,19H,4-6,8H2,(H,16,20). The van der Waals surface area contributed by atoms with Crippen LogP contribution in [0.25, 0.3) is 0 Å².